The molecule has 35 heavy (non-hydrogen) atoms. The highest BCUT2D eigenvalue weighted by Crippen LogP contribution is 2.32. The van der Waals surface area contributed by atoms with Gasteiger partial charge in [0.05, 0.1) is 25.4 Å². The number of amides is 2. The van der Waals surface area contributed by atoms with Gasteiger partial charge in [-0.1, -0.05) is 41.7 Å². The van der Waals surface area contributed by atoms with E-state index in [0.29, 0.717) is 31.3 Å². The number of carbonyl (C=O) groups excluding carboxylic acids is 2. The highest BCUT2D eigenvalue weighted by Gasteiger charge is 2.32. The fourth-order valence-corrected chi connectivity index (χ4v) is 4.02. The molecule has 2 aromatic carbocycles. The third-order valence-corrected chi connectivity index (χ3v) is 5.77. The average molecular weight is 507 g/mol. The van der Waals surface area contributed by atoms with Crippen molar-refractivity contribution in [1.82, 2.24) is 15.1 Å². The molecule has 13 heteroatoms. The van der Waals surface area contributed by atoms with E-state index in [-0.39, 0.29) is 22.9 Å². The maximum atomic E-state index is 12.9. The van der Waals surface area contributed by atoms with Crippen molar-refractivity contribution >= 4 is 34.0 Å². The minimum absolute atomic E-state index is 0.00217. The molecule has 9 nitrogen and oxygen atoms in total. The molecule has 0 aliphatic carbocycles. The molecule has 2 N–H and O–H groups in total. The largest absolute Gasteiger partial charge is 0.573 e. The van der Waals surface area contributed by atoms with Crippen molar-refractivity contribution < 1.29 is 32.2 Å². The molecule has 4 rings (SSSR count). The number of morpholine rings is 1. The van der Waals surface area contributed by atoms with E-state index in [2.05, 4.69) is 25.6 Å². The number of halogens is 3. The first-order valence-electron chi connectivity index (χ1n) is 10.5. The second-order valence-electron chi connectivity index (χ2n) is 7.43. The van der Waals surface area contributed by atoms with Crippen molar-refractivity contribution in [2.75, 3.05) is 43.5 Å². The number of benzene rings is 2. The van der Waals surface area contributed by atoms with E-state index in [9.17, 15) is 22.8 Å². The fourth-order valence-electron chi connectivity index (χ4n) is 3.28. The summed E-state index contributed by atoms with van der Waals surface area (Å²) < 4.78 is 47.9. The van der Waals surface area contributed by atoms with E-state index in [4.69, 9.17) is 4.74 Å². The molecule has 0 spiro atoms. The van der Waals surface area contributed by atoms with Crippen LogP contribution in [0.1, 0.15) is 10.4 Å². The van der Waals surface area contributed by atoms with Crippen molar-refractivity contribution in [1.29, 1.82) is 0 Å². The lowest BCUT2D eigenvalue weighted by Gasteiger charge is -2.26. The predicted molar refractivity (Wildman–Crippen MR) is 122 cm³/mol. The Morgan fingerprint density at radius 2 is 1.80 bits per heavy atom. The summed E-state index contributed by atoms with van der Waals surface area (Å²) in [6.07, 6.45) is -4.98. The number of carbonyl (C=O) groups is 2. The van der Waals surface area contributed by atoms with Gasteiger partial charge in [-0.2, -0.15) is 0 Å². The van der Waals surface area contributed by atoms with Crippen LogP contribution < -0.4 is 15.4 Å². The summed E-state index contributed by atoms with van der Waals surface area (Å²) in [4.78, 5) is 27.0. The fraction of sp³-hybridized carbons (Fsp3) is 0.273. The number of nitrogens with one attached hydrogen (secondary N) is 2. The Hall–Kier alpha value is -3.55. The van der Waals surface area contributed by atoms with Gasteiger partial charge in [-0.15, -0.1) is 23.4 Å². The van der Waals surface area contributed by atoms with E-state index in [1.165, 1.54) is 0 Å². The number of aromatic nitrogens is 2. The van der Waals surface area contributed by atoms with Crippen molar-refractivity contribution in [2.24, 2.45) is 0 Å². The minimum atomic E-state index is -4.98. The lowest BCUT2D eigenvalue weighted by molar-refractivity contribution is -0.274. The normalized spacial score (nSPS) is 14.4. The first-order valence-corrected chi connectivity index (χ1v) is 11.3. The van der Waals surface area contributed by atoms with E-state index in [1.807, 2.05) is 30.3 Å². The lowest BCUT2D eigenvalue weighted by Crippen LogP contribution is -2.41. The standard InChI is InChI=1S/C22H20F3N5O4S/c23-22(24,25)34-17-7-6-15(12-16(17)26-18(31)13-30-8-10-33-11-9-30)19(32)27-21-29-28-20(35-21)14-4-2-1-3-5-14/h1-7,12H,8-11,13H2,(H,26,31)(H,27,29,32). The van der Waals surface area contributed by atoms with Gasteiger partial charge in [0.15, 0.2) is 5.75 Å². The Labute approximate surface area is 201 Å². The Kier molecular flexibility index (Phi) is 7.58. The first-order chi connectivity index (χ1) is 16.8. The Morgan fingerprint density at radius 3 is 2.51 bits per heavy atom. The predicted octanol–water partition coefficient (Wildman–Crippen LogP) is 3.63. The van der Waals surface area contributed by atoms with Crippen molar-refractivity contribution in [3.8, 4) is 16.3 Å². The average Bonchev–Trinajstić information content (AvgIpc) is 3.29. The lowest BCUT2D eigenvalue weighted by atomic mass is 10.1. The number of hydrogen-bond donors (Lipinski definition) is 2. The number of ether oxygens (including phenoxy) is 2. The maximum Gasteiger partial charge on any atom is 0.573 e. The number of hydrogen-bond acceptors (Lipinski definition) is 8. The van der Waals surface area contributed by atoms with Crippen LogP contribution in [0.25, 0.3) is 10.6 Å². The van der Waals surface area contributed by atoms with Gasteiger partial charge in [0.25, 0.3) is 5.91 Å². The highest BCUT2D eigenvalue weighted by atomic mass is 32.1. The summed E-state index contributed by atoms with van der Waals surface area (Å²) >= 11 is 1.14. The van der Waals surface area contributed by atoms with Crippen LogP contribution >= 0.6 is 11.3 Å². The zero-order valence-corrected chi connectivity index (χ0v) is 19.0. The molecule has 0 unspecified atom stereocenters. The van der Waals surface area contributed by atoms with E-state index in [1.54, 1.807) is 4.90 Å². The van der Waals surface area contributed by atoms with Gasteiger partial charge in [-0.05, 0) is 18.2 Å². The van der Waals surface area contributed by atoms with Gasteiger partial charge in [-0.25, -0.2) is 0 Å². The maximum absolute atomic E-state index is 12.9. The summed E-state index contributed by atoms with van der Waals surface area (Å²) in [5.74, 6) is -1.82. The molecule has 1 aromatic heterocycles. The molecule has 1 aliphatic heterocycles. The van der Waals surface area contributed by atoms with Crippen LogP contribution in [-0.4, -0.2) is 66.1 Å². The summed E-state index contributed by atoms with van der Waals surface area (Å²) in [6, 6.07) is 12.5. The van der Waals surface area contributed by atoms with Crippen molar-refractivity contribution in [3.63, 3.8) is 0 Å². The molecular formula is C22H20F3N5O4S. The van der Waals surface area contributed by atoms with Crippen LogP contribution in [0.3, 0.4) is 0 Å². The summed E-state index contributed by atoms with van der Waals surface area (Å²) in [5.41, 5.74) is 0.539. The molecule has 0 bridgehead atoms. The zero-order chi connectivity index (χ0) is 24.8. The van der Waals surface area contributed by atoms with Gasteiger partial charge in [0.2, 0.25) is 11.0 Å². The SMILES string of the molecule is O=C(CN1CCOCC1)Nc1cc(C(=O)Nc2nnc(-c3ccccc3)s2)ccc1OC(F)(F)F. The smallest absolute Gasteiger partial charge is 0.404 e. The van der Waals surface area contributed by atoms with E-state index >= 15 is 0 Å². The van der Waals surface area contributed by atoms with Gasteiger partial charge in [0.1, 0.15) is 5.01 Å². The van der Waals surface area contributed by atoms with Crippen LogP contribution in [0.5, 0.6) is 5.75 Å². The van der Waals surface area contributed by atoms with Gasteiger partial charge in [0, 0.05) is 24.2 Å². The Bertz CT molecular complexity index is 1180. The zero-order valence-electron chi connectivity index (χ0n) is 18.2. The third-order valence-electron chi connectivity index (χ3n) is 4.88. The molecule has 3 aromatic rings. The van der Waals surface area contributed by atoms with E-state index < -0.39 is 23.9 Å². The van der Waals surface area contributed by atoms with Crippen LogP contribution in [0.15, 0.2) is 48.5 Å². The van der Waals surface area contributed by atoms with E-state index in [0.717, 1.165) is 35.1 Å². The monoisotopic (exact) mass is 507 g/mol. The topological polar surface area (TPSA) is 106 Å². The summed E-state index contributed by atoms with van der Waals surface area (Å²) in [6.45, 7) is 1.92. The number of anilines is 2. The Balaban J connectivity index is 1.49. The summed E-state index contributed by atoms with van der Waals surface area (Å²) in [5, 5.41) is 13.8. The number of alkyl halides is 3. The van der Waals surface area contributed by atoms with Gasteiger partial charge in [-0.3, -0.25) is 19.8 Å². The number of rotatable bonds is 7. The number of nitrogens with zero attached hydrogens (tertiary/aromatic N) is 3. The minimum Gasteiger partial charge on any atom is -0.404 e. The third kappa shape index (κ3) is 6.97. The first kappa shape index (κ1) is 24.6. The van der Waals surface area contributed by atoms with Gasteiger partial charge >= 0.3 is 6.36 Å². The second kappa shape index (κ2) is 10.8. The second-order valence-corrected chi connectivity index (χ2v) is 8.41. The van der Waals surface area contributed by atoms with Crippen LogP contribution in [0.4, 0.5) is 24.0 Å². The molecule has 1 saturated heterocycles. The Morgan fingerprint density at radius 1 is 1.06 bits per heavy atom. The van der Waals surface area contributed by atoms with Crippen molar-refractivity contribution in [2.45, 2.75) is 6.36 Å². The highest BCUT2D eigenvalue weighted by molar-refractivity contribution is 7.18. The van der Waals surface area contributed by atoms with Crippen LogP contribution in [0, 0.1) is 0 Å². The molecular weight excluding hydrogens is 487 g/mol. The molecule has 2 amide bonds. The van der Waals surface area contributed by atoms with Crippen LogP contribution in [0.2, 0.25) is 0 Å². The summed E-state index contributed by atoms with van der Waals surface area (Å²) in [7, 11) is 0. The molecule has 0 atom stereocenters. The molecule has 0 saturated carbocycles. The quantitative estimate of drug-likeness (QED) is 0.503. The molecule has 1 fully saturated rings. The molecule has 2 heterocycles. The van der Waals surface area contributed by atoms with Crippen LogP contribution in [-0.2, 0) is 9.53 Å². The van der Waals surface area contributed by atoms with Gasteiger partial charge < -0.3 is 14.8 Å². The van der Waals surface area contributed by atoms with Crippen molar-refractivity contribution in [3.05, 3.63) is 54.1 Å². The molecule has 1 aliphatic rings. The molecule has 0 radical (unpaired) electrons. The molecule has 184 valence electrons.